The fourth-order valence-electron chi connectivity index (χ4n) is 2.72. The molecule has 2 N–H and O–H groups in total. The van der Waals surface area contributed by atoms with Crippen molar-refractivity contribution in [2.45, 2.75) is 18.9 Å². The molecule has 5 heteroatoms. The summed E-state index contributed by atoms with van der Waals surface area (Å²) in [5.41, 5.74) is 3.16. The number of nitrogens with zero attached hydrogens (tertiary/aromatic N) is 1. The normalized spacial score (nSPS) is 12.4. The van der Waals surface area contributed by atoms with Crippen molar-refractivity contribution < 1.29 is 9.59 Å². The smallest absolute Gasteiger partial charge is 0.255 e. The van der Waals surface area contributed by atoms with Crippen LogP contribution in [0.1, 0.15) is 44.8 Å². The summed E-state index contributed by atoms with van der Waals surface area (Å²) in [5.74, 6) is 5.70. The van der Waals surface area contributed by atoms with Crippen LogP contribution in [0.4, 0.5) is 5.69 Å². The minimum atomic E-state index is -0.242. The monoisotopic (exact) mass is 381 g/mol. The number of hydrogen-bond acceptors (Lipinski definition) is 3. The number of amides is 2. The number of carbonyl (C=O) groups excluding carboxylic acids is 2. The minimum Gasteiger partial charge on any atom is -0.349 e. The molecule has 29 heavy (non-hydrogen) atoms. The van der Waals surface area contributed by atoms with Gasteiger partial charge in [-0.05, 0) is 73.4 Å². The van der Waals surface area contributed by atoms with Gasteiger partial charge in [-0.1, -0.05) is 18.1 Å². The fourth-order valence-corrected chi connectivity index (χ4v) is 2.72. The molecule has 2 aromatic carbocycles. The van der Waals surface area contributed by atoms with Crippen molar-refractivity contribution in [3.63, 3.8) is 0 Å². The Kier molecular flexibility index (Phi) is 5.35. The second-order valence-electron chi connectivity index (χ2n) is 6.82. The highest BCUT2D eigenvalue weighted by Crippen LogP contribution is 2.19. The summed E-state index contributed by atoms with van der Waals surface area (Å²) in [6, 6.07) is 19.8. The summed E-state index contributed by atoms with van der Waals surface area (Å²) in [6.07, 6.45) is 3.77. The van der Waals surface area contributed by atoms with Gasteiger partial charge in [-0.3, -0.25) is 9.59 Å². The highest BCUT2D eigenvalue weighted by Gasteiger charge is 2.23. The molecule has 1 saturated carbocycles. The van der Waals surface area contributed by atoms with E-state index in [0.29, 0.717) is 28.6 Å². The van der Waals surface area contributed by atoms with Gasteiger partial charge in [-0.2, -0.15) is 0 Å². The molecule has 5 nitrogen and oxygen atoms in total. The molecule has 0 spiro atoms. The van der Waals surface area contributed by atoms with Gasteiger partial charge in [0.05, 0.1) is 0 Å². The Morgan fingerprint density at radius 1 is 0.862 bits per heavy atom. The molecule has 2 amide bonds. The number of aromatic nitrogens is 1. The molecule has 3 aromatic rings. The molecule has 4 rings (SSSR count). The zero-order valence-corrected chi connectivity index (χ0v) is 15.7. The first kappa shape index (κ1) is 18.5. The van der Waals surface area contributed by atoms with Crippen LogP contribution in [-0.2, 0) is 0 Å². The third kappa shape index (κ3) is 5.08. The van der Waals surface area contributed by atoms with E-state index in [9.17, 15) is 9.59 Å². The number of anilines is 1. The van der Waals surface area contributed by atoms with E-state index in [1.807, 2.05) is 36.4 Å². The topological polar surface area (TPSA) is 71.1 Å². The fraction of sp³-hybridized carbons (Fsp3) is 0.125. The first-order valence-corrected chi connectivity index (χ1v) is 9.43. The SMILES string of the molecule is O=C(Nc1cccc(C#Cc2ccccn2)c1)c1ccc(C(=O)NC2CC2)cc1. The van der Waals surface area contributed by atoms with Gasteiger partial charge in [0.2, 0.25) is 0 Å². The van der Waals surface area contributed by atoms with E-state index < -0.39 is 0 Å². The van der Waals surface area contributed by atoms with E-state index in [0.717, 1.165) is 18.4 Å². The Morgan fingerprint density at radius 3 is 2.31 bits per heavy atom. The number of carbonyl (C=O) groups is 2. The maximum atomic E-state index is 12.5. The summed E-state index contributed by atoms with van der Waals surface area (Å²) < 4.78 is 0. The lowest BCUT2D eigenvalue weighted by atomic mass is 10.1. The van der Waals surface area contributed by atoms with Crippen LogP contribution < -0.4 is 10.6 Å². The van der Waals surface area contributed by atoms with Gasteiger partial charge >= 0.3 is 0 Å². The standard InChI is InChI=1S/C24H19N3O2/c28-23(26-21-13-14-21)18-8-10-19(11-9-18)24(29)27-22-6-3-4-17(16-22)7-12-20-5-1-2-15-25-20/h1-6,8-11,15-16,21H,13-14H2,(H,26,28)(H,27,29). The van der Waals surface area contributed by atoms with Gasteiger partial charge in [0, 0.05) is 34.6 Å². The van der Waals surface area contributed by atoms with E-state index in [2.05, 4.69) is 27.5 Å². The van der Waals surface area contributed by atoms with Crippen molar-refractivity contribution in [1.29, 1.82) is 0 Å². The molecule has 1 aliphatic rings. The summed E-state index contributed by atoms with van der Waals surface area (Å²) in [4.78, 5) is 28.7. The molecule has 1 heterocycles. The van der Waals surface area contributed by atoms with Crippen molar-refractivity contribution in [3.8, 4) is 11.8 Å². The third-order valence-electron chi connectivity index (χ3n) is 4.44. The summed E-state index contributed by atoms with van der Waals surface area (Å²) in [5, 5.41) is 5.80. The maximum absolute atomic E-state index is 12.5. The number of hydrogen-bond donors (Lipinski definition) is 2. The maximum Gasteiger partial charge on any atom is 0.255 e. The van der Waals surface area contributed by atoms with Gasteiger partial charge in [-0.25, -0.2) is 4.98 Å². The quantitative estimate of drug-likeness (QED) is 0.678. The van der Waals surface area contributed by atoms with Crippen molar-refractivity contribution in [2.75, 3.05) is 5.32 Å². The molecular weight excluding hydrogens is 362 g/mol. The molecule has 142 valence electrons. The van der Waals surface area contributed by atoms with Crippen LogP contribution in [0.5, 0.6) is 0 Å². The van der Waals surface area contributed by atoms with Crippen LogP contribution in [0.2, 0.25) is 0 Å². The zero-order chi connectivity index (χ0) is 20.1. The zero-order valence-electron chi connectivity index (χ0n) is 15.7. The number of benzene rings is 2. The number of nitrogens with one attached hydrogen (secondary N) is 2. The Balaban J connectivity index is 1.41. The van der Waals surface area contributed by atoms with E-state index >= 15 is 0 Å². The van der Waals surface area contributed by atoms with Crippen molar-refractivity contribution >= 4 is 17.5 Å². The molecule has 1 fully saturated rings. The number of pyridine rings is 1. The van der Waals surface area contributed by atoms with E-state index in [-0.39, 0.29) is 11.8 Å². The largest absolute Gasteiger partial charge is 0.349 e. The molecule has 0 unspecified atom stereocenters. The Morgan fingerprint density at radius 2 is 1.62 bits per heavy atom. The van der Waals surface area contributed by atoms with Gasteiger partial charge < -0.3 is 10.6 Å². The average molecular weight is 381 g/mol. The Labute approximate surface area is 169 Å². The first-order valence-electron chi connectivity index (χ1n) is 9.43. The van der Waals surface area contributed by atoms with E-state index in [1.54, 1.807) is 36.5 Å². The van der Waals surface area contributed by atoms with Crippen LogP contribution in [0.3, 0.4) is 0 Å². The van der Waals surface area contributed by atoms with Crippen LogP contribution in [0.25, 0.3) is 0 Å². The van der Waals surface area contributed by atoms with Crippen molar-refractivity contribution in [1.82, 2.24) is 10.3 Å². The predicted molar refractivity (Wildman–Crippen MR) is 112 cm³/mol. The molecule has 0 atom stereocenters. The first-order chi connectivity index (χ1) is 14.2. The van der Waals surface area contributed by atoms with Crippen molar-refractivity contribution in [2.24, 2.45) is 0 Å². The Bertz CT molecular complexity index is 1090. The van der Waals surface area contributed by atoms with Gasteiger partial charge in [0.1, 0.15) is 5.69 Å². The Hall–Kier alpha value is -3.91. The van der Waals surface area contributed by atoms with E-state index in [4.69, 9.17) is 0 Å². The lowest BCUT2D eigenvalue weighted by Crippen LogP contribution is -2.25. The molecular formula is C24H19N3O2. The van der Waals surface area contributed by atoms with Crippen LogP contribution >= 0.6 is 0 Å². The van der Waals surface area contributed by atoms with Crippen LogP contribution in [0, 0.1) is 11.8 Å². The predicted octanol–water partition coefficient (Wildman–Crippen LogP) is 3.63. The van der Waals surface area contributed by atoms with Gasteiger partial charge in [0.15, 0.2) is 0 Å². The lowest BCUT2D eigenvalue weighted by Gasteiger charge is -2.07. The van der Waals surface area contributed by atoms with Gasteiger partial charge in [0.25, 0.3) is 11.8 Å². The average Bonchev–Trinajstić information content (AvgIpc) is 3.57. The molecule has 0 aliphatic heterocycles. The molecule has 0 bridgehead atoms. The number of rotatable bonds is 4. The van der Waals surface area contributed by atoms with Gasteiger partial charge in [-0.15, -0.1) is 0 Å². The third-order valence-corrected chi connectivity index (χ3v) is 4.44. The van der Waals surface area contributed by atoms with Crippen molar-refractivity contribution in [3.05, 3.63) is 95.3 Å². The van der Waals surface area contributed by atoms with E-state index in [1.165, 1.54) is 0 Å². The molecule has 0 radical (unpaired) electrons. The summed E-state index contributed by atoms with van der Waals surface area (Å²) in [7, 11) is 0. The lowest BCUT2D eigenvalue weighted by molar-refractivity contribution is 0.0949. The van der Waals surface area contributed by atoms with Crippen LogP contribution in [-0.4, -0.2) is 22.8 Å². The van der Waals surface area contributed by atoms with Crippen LogP contribution in [0.15, 0.2) is 72.9 Å². The summed E-state index contributed by atoms with van der Waals surface area (Å²) >= 11 is 0. The summed E-state index contributed by atoms with van der Waals surface area (Å²) in [6.45, 7) is 0. The highest BCUT2D eigenvalue weighted by molar-refractivity contribution is 6.05. The second kappa shape index (κ2) is 8.41. The second-order valence-corrected chi connectivity index (χ2v) is 6.82. The molecule has 0 saturated heterocycles. The minimum absolute atomic E-state index is 0.0985. The highest BCUT2D eigenvalue weighted by atomic mass is 16.2. The molecule has 1 aliphatic carbocycles. The molecule has 1 aromatic heterocycles.